The van der Waals surface area contributed by atoms with Gasteiger partial charge in [0.1, 0.15) is 5.75 Å². The summed E-state index contributed by atoms with van der Waals surface area (Å²) in [7, 11) is 1.66. The summed E-state index contributed by atoms with van der Waals surface area (Å²) in [6, 6.07) is 11.9. The second-order valence-corrected chi connectivity index (χ2v) is 4.72. The molecule has 82 valence electrons. The van der Waals surface area contributed by atoms with Gasteiger partial charge in [0.2, 0.25) is 0 Å². The monoisotopic (exact) mass is 231 g/mol. The highest BCUT2D eigenvalue weighted by Crippen LogP contribution is 2.19. The Labute approximate surface area is 99.2 Å². The van der Waals surface area contributed by atoms with Crippen molar-refractivity contribution in [1.29, 1.82) is 0 Å². The lowest BCUT2D eigenvalue weighted by Crippen LogP contribution is -1.80. The fourth-order valence-electron chi connectivity index (χ4n) is 1.33. The minimum Gasteiger partial charge on any atom is -0.497 e. The summed E-state index contributed by atoms with van der Waals surface area (Å²) in [5.41, 5.74) is 0.937. The smallest absolute Gasteiger partial charge is 0.119 e. The van der Waals surface area contributed by atoms with E-state index < -0.39 is 0 Å². The van der Waals surface area contributed by atoms with Crippen LogP contribution < -0.4 is 4.74 Å². The van der Waals surface area contributed by atoms with Crippen molar-refractivity contribution in [2.45, 2.75) is 6.92 Å². The van der Waals surface area contributed by atoms with Crippen LogP contribution >= 0.6 is 11.3 Å². The van der Waals surface area contributed by atoms with Crippen LogP contribution in [0.3, 0.4) is 0 Å². The largest absolute Gasteiger partial charge is 0.497 e. The van der Waals surface area contributed by atoms with E-state index in [1.54, 1.807) is 18.4 Å². The Morgan fingerprint density at radius 1 is 1.12 bits per heavy atom. The Kier molecular flexibility index (Phi) is 3.37. The van der Waals surface area contributed by atoms with E-state index in [1.165, 1.54) is 9.75 Å². The third kappa shape index (κ3) is 2.70. The Bertz CT molecular complexity index is 485. The molecule has 0 unspecified atom stereocenters. The molecular formula is C13H13NOS. The number of aryl methyl sites for hydroxylation is 1. The molecule has 0 saturated carbocycles. The van der Waals surface area contributed by atoms with Crippen molar-refractivity contribution in [2.24, 2.45) is 4.99 Å². The van der Waals surface area contributed by atoms with Crippen molar-refractivity contribution in [3.05, 3.63) is 46.2 Å². The summed E-state index contributed by atoms with van der Waals surface area (Å²) < 4.78 is 5.09. The van der Waals surface area contributed by atoms with E-state index in [9.17, 15) is 0 Å². The van der Waals surface area contributed by atoms with Crippen LogP contribution in [-0.4, -0.2) is 13.3 Å². The second-order valence-electron chi connectivity index (χ2n) is 3.40. The summed E-state index contributed by atoms with van der Waals surface area (Å²) in [5.74, 6) is 0.853. The standard InChI is InChI=1S/C13H13NOS/c1-10-3-8-13(16-10)9-14-11-4-6-12(15-2)7-5-11/h3-9H,1-2H3. The van der Waals surface area contributed by atoms with E-state index in [-0.39, 0.29) is 0 Å². The molecule has 1 aromatic carbocycles. The highest BCUT2D eigenvalue weighted by Gasteiger charge is 1.93. The number of rotatable bonds is 3. The van der Waals surface area contributed by atoms with Gasteiger partial charge >= 0.3 is 0 Å². The predicted octanol–water partition coefficient (Wildman–Crippen LogP) is 3.82. The molecule has 0 N–H and O–H groups in total. The van der Waals surface area contributed by atoms with Crippen LogP contribution in [0.25, 0.3) is 0 Å². The van der Waals surface area contributed by atoms with Crippen LogP contribution in [-0.2, 0) is 0 Å². The molecule has 2 nitrogen and oxygen atoms in total. The van der Waals surface area contributed by atoms with Gasteiger partial charge in [0.25, 0.3) is 0 Å². The molecule has 1 aromatic heterocycles. The number of hydrogen-bond acceptors (Lipinski definition) is 3. The zero-order valence-corrected chi connectivity index (χ0v) is 10.1. The third-order valence-corrected chi connectivity index (χ3v) is 3.11. The molecule has 1 heterocycles. The topological polar surface area (TPSA) is 21.6 Å². The normalized spacial score (nSPS) is 10.9. The lowest BCUT2D eigenvalue weighted by Gasteiger charge is -1.98. The van der Waals surface area contributed by atoms with E-state index in [0.717, 1.165) is 11.4 Å². The van der Waals surface area contributed by atoms with Crippen molar-refractivity contribution in [3.8, 4) is 5.75 Å². The Morgan fingerprint density at radius 3 is 2.44 bits per heavy atom. The second kappa shape index (κ2) is 4.94. The third-order valence-electron chi connectivity index (χ3n) is 2.17. The summed E-state index contributed by atoms with van der Waals surface area (Å²) in [5, 5.41) is 0. The van der Waals surface area contributed by atoms with Crippen LogP contribution in [0.5, 0.6) is 5.75 Å². The molecule has 0 radical (unpaired) electrons. The first-order valence-corrected chi connectivity index (χ1v) is 5.84. The molecule has 0 atom stereocenters. The maximum Gasteiger partial charge on any atom is 0.119 e. The fraction of sp³-hybridized carbons (Fsp3) is 0.154. The lowest BCUT2D eigenvalue weighted by atomic mass is 10.3. The molecule has 0 amide bonds. The van der Waals surface area contributed by atoms with E-state index in [1.807, 2.05) is 30.5 Å². The molecule has 2 rings (SSSR count). The van der Waals surface area contributed by atoms with Gasteiger partial charge in [-0.3, -0.25) is 4.99 Å². The number of aliphatic imine (C=N–C) groups is 1. The van der Waals surface area contributed by atoms with Gasteiger partial charge in [-0.1, -0.05) is 0 Å². The molecule has 0 bridgehead atoms. The van der Waals surface area contributed by atoms with Crippen molar-refractivity contribution in [1.82, 2.24) is 0 Å². The van der Waals surface area contributed by atoms with Crippen LogP contribution in [0.15, 0.2) is 41.4 Å². The minimum atomic E-state index is 0.853. The average molecular weight is 231 g/mol. The predicted molar refractivity (Wildman–Crippen MR) is 69.3 cm³/mol. The van der Waals surface area contributed by atoms with Gasteiger partial charge in [0, 0.05) is 16.0 Å². The molecule has 0 spiro atoms. The van der Waals surface area contributed by atoms with Crippen LogP contribution in [0.1, 0.15) is 9.75 Å². The first-order valence-electron chi connectivity index (χ1n) is 5.02. The van der Waals surface area contributed by atoms with Gasteiger partial charge in [-0.25, -0.2) is 0 Å². The van der Waals surface area contributed by atoms with Gasteiger partial charge in [0.15, 0.2) is 0 Å². The maximum absolute atomic E-state index is 5.09. The molecular weight excluding hydrogens is 218 g/mol. The minimum absolute atomic E-state index is 0.853. The molecule has 0 aliphatic carbocycles. The van der Waals surface area contributed by atoms with E-state index >= 15 is 0 Å². The highest BCUT2D eigenvalue weighted by atomic mass is 32.1. The lowest BCUT2D eigenvalue weighted by molar-refractivity contribution is 0.415. The zero-order valence-electron chi connectivity index (χ0n) is 9.31. The van der Waals surface area contributed by atoms with Gasteiger partial charge < -0.3 is 4.74 Å². The molecule has 3 heteroatoms. The number of benzene rings is 1. The Hall–Kier alpha value is -1.61. The molecule has 2 aromatic rings. The molecule has 0 aliphatic heterocycles. The van der Waals surface area contributed by atoms with Gasteiger partial charge in [-0.15, -0.1) is 11.3 Å². The quantitative estimate of drug-likeness (QED) is 0.736. The maximum atomic E-state index is 5.09. The van der Waals surface area contributed by atoms with Gasteiger partial charge in [-0.2, -0.15) is 0 Å². The number of ether oxygens (including phenoxy) is 1. The molecule has 0 saturated heterocycles. The first-order chi connectivity index (χ1) is 7.78. The molecule has 0 fully saturated rings. The summed E-state index contributed by atoms with van der Waals surface area (Å²) in [4.78, 5) is 6.87. The van der Waals surface area contributed by atoms with E-state index in [4.69, 9.17) is 4.74 Å². The van der Waals surface area contributed by atoms with Crippen molar-refractivity contribution >= 4 is 23.2 Å². The fourth-order valence-corrected chi connectivity index (χ4v) is 2.08. The molecule has 16 heavy (non-hydrogen) atoms. The summed E-state index contributed by atoms with van der Waals surface area (Å²) in [6.07, 6.45) is 1.89. The summed E-state index contributed by atoms with van der Waals surface area (Å²) >= 11 is 1.74. The van der Waals surface area contributed by atoms with Crippen LogP contribution in [0.4, 0.5) is 5.69 Å². The van der Waals surface area contributed by atoms with Crippen molar-refractivity contribution in [3.63, 3.8) is 0 Å². The van der Waals surface area contributed by atoms with Crippen molar-refractivity contribution in [2.75, 3.05) is 7.11 Å². The van der Waals surface area contributed by atoms with Gasteiger partial charge in [-0.05, 0) is 43.3 Å². The van der Waals surface area contributed by atoms with E-state index in [0.29, 0.717) is 0 Å². The number of nitrogens with zero attached hydrogens (tertiary/aromatic N) is 1. The van der Waals surface area contributed by atoms with Crippen LogP contribution in [0, 0.1) is 6.92 Å². The molecule has 0 aliphatic rings. The Balaban J connectivity index is 2.11. The van der Waals surface area contributed by atoms with Gasteiger partial charge in [0.05, 0.1) is 12.8 Å². The number of hydrogen-bond donors (Lipinski definition) is 0. The van der Waals surface area contributed by atoms with E-state index in [2.05, 4.69) is 24.0 Å². The highest BCUT2D eigenvalue weighted by molar-refractivity contribution is 7.13. The zero-order chi connectivity index (χ0) is 11.4. The van der Waals surface area contributed by atoms with Crippen molar-refractivity contribution < 1.29 is 4.74 Å². The number of thiophene rings is 1. The average Bonchev–Trinajstić information content (AvgIpc) is 2.73. The summed E-state index contributed by atoms with van der Waals surface area (Å²) in [6.45, 7) is 2.09. The van der Waals surface area contributed by atoms with Crippen LogP contribution in [0.2, 0.25) is 0 Å². The number of methoxy groups -OCH3 is 1. The Morgan fingerprint density at radius 2 is 1.88 bits per heavy atom. The first kappa shape index (κ1) is 10.9. The SMILES string of the molecule is COc1ccc(N=Cc2ccc(C)s2)cc1.